The van der Waals surface area contributed by atoms with Crippen molar-refractivity contribution in [2.45, 2.75) is 13.3 Å². The third-order valence-electron chi connectivity index (χ3n) is 3.53. The number of aryl methyl sites for hydroxylation is 1. The van der Waals surface area contributed by atoms with E-state index in [2.05, 4.69) is 14.9 Å². The van der Waals surface area contributed by atoms with E-state index in [0.717, 1.165) is 23.3 Å². The first-order valence-electron chi connectivity index (χ1n) is 6.36. The van der Waals surface area contributed by atoms with E-state index in [4.69, 9.17) is 5.11 Å². The van der Waals surface area contributed by atoms with Gasteiger partial charge in [-0.05, 0) is 25.5 Å². The van der Waals surface area contributed by atoms with Crippen molar-refractivity contribution >= 4 is 22.7 Å². The number of hydrogen-bond acceptors (Lipinski definition) is 4. The Morgan fingerprint density at radius 3 is 2.89 bits per heavy atom. The van der Waals surface area contributed by atoms with Crippen LogP contribution in [0.25, 0.3) is 10.9 Å². The fourth-order valence-corrected chi connectivity index (χ4v) is 2.57. The van der Waals surface area contributed by atoms with E-state index in [1.54, 1.807) is 0 Å². The highest BCUT2D eigenvalue weighted by Crippen LogP contribution is 2.28. The molecule has 5 nitrogen and oxygen atoms in total. The second-order valence-electron chi connectivity index (χ2n) is 4.88. The molecule has 2 aromatic rings. The summed E-state index contributed by atoms with van der Waals surface area (Å²) in [7, 11) is 0. The summed E-state index contributed by atoms with van der Waals surface area (Å²) >= 11 is 0. The summed E-state index contributed by atoms with van der Waals surface area (Å²) in [6.45, 7) is 3.12. The maximum Gasteiger partial charge on any atom is 0.308 e. The molecule has 98 valence electrons. The van der Waals surface area contributed by atoms with Crippen LogP contribution in [0, 0.1) is 12.8 Å². The number of nitrogens with zero attached hydrogens (tertiary/aromatic N) is 3. The van der Waals surface area contributed by atoms with Crippen molar-refractivity contribution in [3.05, 3.63) is 30.1 Å². The second kappa shape index (κ2) is 4.50. The quantitative estimate of drug-likeness (QED) is 0.889. The number of carboxylic acid groups (broad SMARTS) is 1. The predicted molar refractivity (Wildman–Crippen MR) is 72.2 cm³/mol. The second-order valence-corrected chi connectivity index (χ2v) is 4.88. The van der Waals surface area contributed by atoms with Gasteiger partial charge in [-0.2, -0.15) is 0 Å². The molecule has 1 N–H and O–H groups in total. The normalized spacial score (nSPS) is 19.0. The summed E-state index contributed by atoms with van der Waals surface area (Å²) in [5.41, 5.74) is 0.906. The molecular weight excluding hydrogens is 242 g/mol. The zero-order chi connectivity index (χ0) is 13.4. The van der Waals surface area contributed by atoms with Gasteiger partial charge >= 0.3 is 5.97 Å². The van der Waals surface area contributed by atoms with E-state index in [1.165, 1.54) is 0 Å². The van der Waals surface area contributed by atoms with Gasteiger partial charge in [0, 0.05) is 18.5 Å². The van der Waals surface area contributed by atoms with Crippen LogP contribution in [-0.2, 0) is 4.79 Å². The molecule has 2 heterocycles. The lowest BCUT2D eigenvalue weighted by Gasteiger charge is -2.19. The number of rotatable bonds is 2. The summed E-state index contributed by atoms with van der Waals surface area (Å²) in [6.07, 6.45) is 0.673. The Morgan fingerprint density at radius 2 is 2.16 bits per heavy atom. The van der Waals surface area contributed by atoms with Crippen molar-refractivity contribution in [1.29, 1.82) is 0 Å². The largest absolute Gasteiger partial charge is 0.481 e. The number of para-hydroxylation sites is 1. The smallest absolute Gasteiger partial charge is 0.308 e. The topological polar surface area (TPSA) is 66.3 Å². The van der Waals surface area contributed by atoms with Gasteiger partial charge in [0.1, 0.15) is 11.6 Å². The summed E-state index contributed by atoms with van der Waals surface area (Å²) in [5, 5.41) is 10.1. The molecule has 1 unspecified atom stereocenters. The Morgan fingerprint density at radius 1 is 1.37 bits per heavy atom. The van der Waals surface area contributed by atoms with Crippen LogP contribution in [0.5, 0.6) is 0 Å². The highest BCUT2D eigenvalue weighted by Gasteiger charge is 2.29. The lowest BCUT2D eigenvalue weighted by atomic mass is 10.1. The third kappa shape index (κ3) is 2.12. The first kappa shape index (κ1) is 11.9. The molecule has 0 spiro atoms. The van der Waals surface area contributed by atoms with Crippen molar-refractivity contribution in [2.75, 3.05) is 18.0 Å². The van der Waals surface area contributed by atoms with Crippen LogP contribution in [0.15, 0.2) is 24.3 Å². The number of benzene rings is 1. The van der Waals surface area contributed by atoms with E-state index < -0.39 is 5.97 Å². The molecule has 19 heavy (non-hydrogen) atoms. The van der Waals surface area contributed by atoms with E-state index in [0.29, 0.717) is 18.8 Å². The average molecular weight is 257 g/mol. The number of aromatic nitrogens is 2. The minimum Gasteiger partial charge on any atom is -0.481 e. The van der Waals surface area contributed by atoms with Gasteiger partial charge < -0.3 is 10.0 Å². The van der Waals surface area contributed by atoms with Crippen LogP contribution >= 0.6 is 0 Å². The van der Waals surface area contributed by atoms with Gasteiger partial charge in [0.2, 0.25) is 0 Å². The van der Waals surface area contributed by atoms with Gasteiger partial charge in [-0.15, -0.1) is 0 Å². The Hall–Kier alpha value is -2.17. The van der Waals surface area contributed by atoms with Crippen LogP contribution in [0.3, 0.4) is 0 Å². The number of anilines is 1. The highest BCUT2D eigenvalue weighted by molar-refractivity contribution is 5.90. The van der Waals surface area contributed by atoms with Gasteiger partial charge in [-0.1, -0.05) is 12.1 Å². The van der Waals surface area contributed by atoms with Gasteiger partial charge in [-0.25, -0.2) is 9.97 Å². The number of hydrogen-bond donors (Lipinski definition) is 1. The lowest BCUT2D eigenvalue weighted by molar-refractivity contribution is -0.140. The molecule has 0 amide bonds. The number of carboxylic acids is 1. The summed E-state index contributed by atoms with van der Waals surface area (Å²) in [5.74, 6) is 0.547. The van der Waals surface area contributed by atoms with Crippen LogP contribution < -0.4 is 4.90 Å². The van der Waals surface area contributed by atoms with Crippen molar-refractivity contribution in [1.82, 2.24) is 9.97 Å². The molecule has 1 fully saturated rings. The zero-order valence-corrected chi connectivity index (χ0v) is 10.7. The lowest BCUT2D eigenvalue weighted by Crippen LogP contribution is -2.24. The summed E-state index contributed by atoms with van der Waals surface area (Å²) in [6, 6.07) is 7.84. The summed E-state index contributed by atoms with van der Waals surface area (Å²) < 4.78 is 0. The van der Waals surface area contributed by atoms with Crippen molar-refractivity contribution in [3.8, 4) is 0 Å². The number of fused-ring (bicyclic) bond motifs is 1. The molecule has 1 aromatic heterocycles. The van der Waals surface area contributed by atoms with Crippen LogP contribution in [-0.4, -0.2) is 34.1 Å². The molecule has 3 rings (SSSR count). The monoisotopic (exact) mass is 257 g/mol. The van der Waals surface area contributed by atoms with Crippen LogP contribution in [0.2, 0.25) is 0 Å². The fourth-order valence-electron chi connectivity index (χ4n) is 2.57. The van der Waals surface area contributed by atoms with E-state index in [1.807, 2.05) is 31.2 Å². The average Bonchev–Trinajstić information content (AvgIpc) is 2.87. The molecule has 5 heteroatoms. The minimum atomic E-state index is -0.724. The van der Waals surface area contributed by atoms with Crippen molar-refractivity contribution in [3.63, 3.8) is 0 Å². The SMILES string of the molecule is Cc1nc(N2CCC(C(=O)O)C2)c2ccccc2n1. The van der Waals surface area contributed by atoms with Crippen molar-refractivity contribution < 1.29 is 9.90 Å². The van der Waals surface area contributed by atoms with E-state index in [-0.39, 0.29) is 5.92 Å². The number of carbonyl (C=O) groups is 1. The minimum absolute atomic E-state index is 0.297. The van der Waals surface area contributed by atoms with E-state index in [9.17, 15) is 4.79 Å². The van der Waals surface area contributed by atoms with Crippen LogP contribution in [0.4, 0.5) is 5.82 Å². The van der Waals surface area contributed by atoms with Gasteiger partial charge in [0.15, 0.2) is 0 Å². The van der Waals surface area contributed by atoms with Gasteiger partial charge in [0.05, 0.1) is 11.4 Å². The molecule has 1 aromatic carbocycles. The third-order valence-corrected chi connectivity index (χ3v) is 3.53. The molecule has 0 saturated carbocycles. The predicted octanol–water partition coefficient (Wildman–Crippen LogP) is 1.85. The Bertz CT molecular complexity index is 642. The van der Waals surface area contributed by atoms with Crippen molar-refractivity contribution in [2.24, 2.45) is 5.92 Å². The van der Waals surface area contributed by atoms with Gasteiger partial charge in [0.25, 0.3) is 0 Å². The van der Waals surface area contributed by atoms with E-state index >= 15 is 0 Å². The Kier molecular flexibility index (Phi) is 2.81. The molecule has 1 saturated heterocycles. The first-order valence-corrected chi connectivity index (χ1v) is 6.36. The molecule has 1 atom stereocenters. The van der Waals surface area contributed by atoms with Gasteiger partial charge in [-0.3, -0.25) is 4.79 Å². The highest BCUT2D eigenvalue weighted by atomic mass is 16.4. The molecular formula is C14H15N3O2. The standard InChI is InChI=1S/C14H15N3O2/c1-9-15-12-5-3-2-4-11(12)13(16-9)17-7-6-10(8-17)14(18)19/h2-5,10H,6-8H2,1H3,(H,18,19). The maximum atomic E-state index is 11.0. The summed E-state index contributed by atoms with van der Waals surface area (Å²) in [4.78, 5) is 22.0. The molecule has 0 radical (unpaired) electrons. The Labute approximate surface area is 110 Å². The number of aliphatic carboxylic acids is 1. The molecule has 0 bridgehead atoms. The molecule has 1 aliphatic rings. The fraction of sp³-hybridized carbons (Fsp3) is 0.357. The first-order chi connectivity index (χ1) is 9.15. The van der Waals surface area contributed by atoms with Crippen LogP contribution in [0.1, 0.15) is 12.2 Å². The zero-order valence-electron chi connectivity index (χ0n) is 10.7. The maximum absolute atomic E-state index is 11.0. The Balaban J connectivity index is 2.03. The molecule has 1 aliphatic heterocycles. The molecule has 0 aliphatic carbocycles.